The number of rotatable bonds is 4. The SMILES string of the molecule is CC(C)c1nc(N2CCN(C(=O)Cn3cccn3)CC2)[nH]c(=O)c1F. The van der Waals surface area contributed by atoms with Gasteiger partial charge in [-0.05, 0) is 12.0 Å². The minimum Gasteiger partial charge on any atom is -0.339 e. The van der Waals surface area contributed by atoms with Crippen LogP contribution in [0.1, 0.15) is 25.5 Å². The lowest BCUT2D eigenvalue weighted by molar-refractivity contribution is -0.132. The summed E-state index contributed by atoms with van der Waals surface area (Å²) in [6, 6.07) is 1.77. The summed E-state index contributed by atoms with van der Waals surface area (Å²) in [4.78, 5) is 34.4. The van der Waals surface area contributed by atoms with Gasteiger partial charge in [-0.1, -0.05) is 13.8 Å². The van der Waals surface area contributed by atoms with E-state index in [4.69, 9.17) is 0 Å². The third kappa shape index (κ3) is 3.70. The molecule has 134 valence electrons. The standard InChI is InChI=1S/C16H21FN6O2/c1-11(2)14-13(17)15(25)20-16(19-14)22-8-6-21(7-9-22)12(24)10-23-5-3-4-18-23/h3-5,11H,6-10H2,1-2H3,(H,19,20,25). The number of hydrogen-bond acceptors (Lipinski definition) is 5. The zero-order valence-corrected chi connectivity index (χ0v) is 14.3. The van der Waals surface area contributed by atoms with Crippen LogP contribution in [0.15, 0.2) is 23.3 Å². The summed E-state index contributed by atoms with van der Waals surface area (Å²) in [5, 5.41) is 4.03. The second-order valence-electron chi connectivity index (χ2n) is 6.31. The third-order valence-electron chi connectivity index (χ3n) is 4.21. The number of carbonyl (C=O) groups is 1. The molecule has 1 saturated heterocycles. The van der Waals surface area contributed by atoms with Crippen molar-refractivity contribution < 1.29 is 9.18 Å². The zero-order chi connectivity index (χ0) is 18.0. The molecule has 0 atom stereocenters. The van der Waals surface area contributed by atoms with Crippen LogP contribution in [0.25, 0.3) is 0 Å². The Morgan fingerprint density at radius 2 is 2.04 bits per heavy atom. The van der Waals surface area contributed by atoms with E-state index in [2.05, 4.69) is 15.1 Å². The van der Waals surface area contributed by atoms with E-state index in [0.29, 0.717) is 32.1 Å². The molecule has 8 nitrogen and oxygen atoms in total. The Morgan fingerprint density at radius 1 is 1.32 bits per heavy atom. The number of aromatic nitrogens is 4. The highest BCUT2D eigenvalue weighted by Gasteiger charge is 2.24. The van der Waals surface area contributed by atoms with Crippen LogP contribution in [0.4, 0.5) is 10.3 Å². The zero-order valence-electron chi connectivity index (χ0n) is 14.3. The molecule has 1 fully saturated rings. The maximum Gasteiger partial charge on any atom is 0.288 e. The number of halogens is 1. The highest BCUT2D eigenvalue weighted by atomic mass is 19.1. The molecule has 1 amide bonds. The normalized spacial score (nSPS) is 15.0. The number of aromatic amines is 1. The number of piperazine rings is 1. The summed E-state index contributed by atoms with van der Waals surface area (Å²) >= 11 is 0. The fourth-order valence-electron chi connectivity index (χ4n) is 2.80. The molecule has 3 heterocycles. The fourth-order valence-corrected chi connectivity index (χ4v) is 2.80. The molecule has 0 unspecified atom stereocenters. The Balaban J connectivity index is 1.66. The monoisotopic (exact) mass is 348 g/mol. The highest BCUT2D eigenvalue weighted by molar-refractivity contribution is 5.76. The van der Waals surface area contributed by atoms with Gasteiger partial charge in [0.1, 0.15) is 6.54 Å². The van der Waals surface area contributed by atoms with Crippen molar-refractivity contribution in [3.05, 3.63) is 40.3 Å². The van der Waals surface area contributed by atoms with Crippen LogP contribution in [0.5, 0.6) is 0 Å². The number of amides is 1. The molecule has 9 heteroatoms. The Hall–Kier alpha value is -2.71. The van der Waals surface area contributed by atoms with Gasteiger partial charge in [-0.25, -0.2) is 4.98 Å². The summed E-state index contributed by atoms with van der Waals surface area (Å²) in [5.74, 6) is -0.661. The second-order valence-corrected chi connectivity index (χ2v) is 6.31. The van der Waals surface area contributed by atoms with Crippen LogP contribution in [0, 0.1) is 5.82 Å². The molecule has 0 saturated carbocycles. The van der Waals surface area contributed by atoms with Crippen LogP contribution < -0.4 is 10.5 Å². The van der Waals surface area contributed by atoms with Gasteiger partial charge in [0.15, 0.2) is 0 Å². The Labute approximate surface area is 144 Å². The Bertz CT molecular complexity index is 793. The van der Waals surface area contributed by atoms with Gasteiger partial charge in [-0.2, -0.15) is 9.49 Å². The molecule has 3 rings (SSSR count). The van der Waals surface area contributed by atoms with Gasteiger partial charge in [0.25, 0.3) is 5.56 Å². The van der Waals surface area contributed by atoms with E-state index in [9.17, 15) is 14.0 Å². The topological polar surface area (TPSA) is 87.1 Å². The lowest BCUT2D eigenvalue weighted by Crippen LogP contribution is -2.50. The maximum absolute atomic E-state index is 13.9. The van der Waals surface area contributed by atoms with Crippen LogP contribution in [-0.4, -0.2) is 56.7 Å². The number of anilines is 1. The summed E-state index contributed by atoms with van der Waals surface area (Å²) in [7, 11) is 0. The molecule has 25 heavy (non-hydrogen) atoms. The van der Waals surface area contributed by atoms with Gasteiger partial charge >= 0.3 is 0 Å². The lowest BCUT2D eigenvalue weighted by atomic mass is 10.1. The molecular formula is C16H21FN6O2. The Morgan fingerprint density at radius 3 is 2.64 bits per heavy atom. The number of hydrogen-bond donors (Lipinski definition) is 1. The van der Waals surface area contributed by atoms with E-state index in [1.54, 1.807) is 41.9 Å². The highest BCUT2D eigenvalue weighted by Crippen LogP contribution is 2.17. The Kier molecular flexibility index (Phi) is 4.82. The number of carbonyl (C=O) groups excluding carboxylic acids is 1. The van der Waals surface area contributed by atoms with Gasteiger partial charge in [0.05, 0.1) is 5.69 Å². The van der Waals surface area contributed by atoms with Crippen LogP contribution >= 0.6 is 0 Å². The second kappa shape index (κ2) is 7.04. The van der Waals surface area contributed by atoms with Gasteiger partial charge in [-0.15, -0.1) is 0 Å². The molecule has 0 aromatic carbocycles. The average molecular weight is 348 g/mol. The van der Waals surface area contributed by atoms with E-state index in [-0.39, 0.29) is 24.1 Å². The first-order valence-corrected chi connectivity index (χ1v) is 8.25. The van der Waals surface area contributed by atoms with E-state index in [1.807, 2.05) is 4.90 Å². The number of nitrogens with zero attached hydrogens (tertiary/aromatic N) is 5. The van der Waals surface area contributed by atoms with E-state index < -0.39 is 11.4 Å². The van der Waals surface area contributed by atoms with Crippen molar-refractivity contribution >= 4 is 11.9 Å². The molecule has 0 aliphatic carbocycles. The molecule has 1 N–H and O–H groups in total. The predicted octanol–water partition coefficient (Wildman–Crippen LogP) is 0.578. The largest absolute Gasteiger partial charge is 0.339 e. The first-order chi connectivity index (χ1) is 12.0. The van der Waals surface area contributed by atoms with Crippen molar-refractivity contribution in [1.29, 1.82) is 0 Å². The van der Waals surface area contributed by atoms with Crippen LogP contribution in [0.3, 0.4) is 0 Å². The maximum atomic E-state index is 13.9. The minimum atomic E-state index is -0.827. The molecule has 0 spiro atoms. The van der Waals surface area contributed by atoms with Crippen molar-refractivity contribution in [1.82, 2.24) is 24.6 Å². The fraction of sp³-hybridized carbons (Fsp3) is 0.500. The average Bonchev–Trinajstić information content (AvgIpc) is 3.10. The minimum absolute atomic E-state index is 0.00761. The van der Waals surface area contributed by atoms with E-state index in [0.717, 1.165) is 0 Å². The van der Waals surface area contributed by atoms with Gasteiger partial charge in [0, 0.05) is 38.6 Å². The van der Waals surface area contributed by atoms with E-state index >= 15 is 0 Å². The van der Waals surface area contributed by atoms with Crippen molar-refractivity contribution in [3.8, 4) is 0 Å². The predicted molar refractivity (Wildman–Crippen MR) is 89.9 cm³/mol. The lowest BCUT2D eigenvalue weighted by Gasteiger charge is -2.35. The molecule has 2 aromatic rings. The molecular weight excluding hydrogens is 327 g/mol. The summed E-state index contributed by atoms with van der Waals surface area (Å²) in [6.07, 6.45) is 3.38. The first-order valence-electron chi connectivity index (χ1n) is 8.25. The smallest absolute Gasteiger partial charge is 0.288 e. The van der Waals surface area contributed by atoms with Crippen molar-refractivity contribution in [3.63, 3.8) is 0 Å². The van der Waals surface area contributed by atoms with Gasteiger partial charge in [0.2, 0.25) is 17.7 Å². The van der Waals surface area contributed by atoms with Crippen LogP contribution in [-0.2, 0) is 11.3 Å². The van der Waals surface area contributed by atoms with E-state index in [1.165, 1.54) is 0 Å². The van der Waals surface area contributed by atoms with Crippen molar-refractivity contribution in [2.24, 2.45) is 0 Å². The molecule has 1 aliphatic rings. The number of H-pyrrole nitrogens is 1. The quantitative estimate of drug-likeness (QED) is 0.873. The van der Waals surface area contributed by atoms with Gasteiger partial charge in [-0.3, -0.25) is 19.3 Å². The van der Waals surface area contributed by atoms with Crippen LogP contribution in [0.2, 0.25) is 0 Å². The summed E-state index contributed by atoms with van der Waals surface area (Å²) < 4.78 is 15.4. The van der Waals surface area contributed by atoms with Crippen molar-refractivity contribution in [2.45, 2.75) is 26.3 Å². The molecule has 2 aromatic heterocycles. The van der Waals surface area contributed by atoms with Gasteiger partial charge < -0.3 is 9.80 Å². The summed E-state index contributed by atoms with van der Waals surface area (Å²) in [6.45, 7) is 5.86. The molecule has 1 aliphatic heterocycles. The van der Waals surface area contributed by atoms with Crippen molar-refractivity contribution in [2.75, 3.05) is 31.1 Å². The number of nitrogens with one attached hydrogen (secondary N) is 1. The molecule has 0 bridgehead atoms. The molecule has 0 radical (unpaired) electrons. The third-order valence-corrected chi connectivity index (χ3v) is 4.21. The first kappa shape index (κ1) is 17.1. The summed E-state index contributed by atoms with van der Waals surface area (Å²) in [5.41, 5.74) is -0.596.